The topological polar surface area (TPSA) is 115 Å². The summed E-state index contributed by atoms with van der Waals surface area (Å²) in [6.45, 7) is 4.44. The van der Waals surface area contributed by atoms with Crippen LogP contribution in [-0.2, 0) is 6.42 Å². The smallest absolute Gasteiger partial charge is 0.321 e. The molecule has 1 aromatic carbocycles. The lowest BCUT2D eigenvalue weighted by molar-refractivity contribution is 0.194. The molecule has 2 aliphatic heterocycles. The van der Waals surface area contributed by atoms with Gasteiger partial charge in [0.05, 0.1) is 6.17 Å². The van der Waals surface area contributed by atoms with Gasteiger partial charge in [-0.2, -0.15) is 0 Å². The van der Waals surface area contributed by atoms with Crippen LogP contribution in [0.3, 0.4) is 0 Å². The van der Waals surface area contributed by atoms with Crippen LogP contribution in [0.15, 0.2) is 18.2 Å². The van der Waals surface area contributed by atoms with E-state index in [1.165, 1.54) is 5.56 Å². The predicted molar refractivity (Wildman–Crippen MR) is 100 cm³/mol. The van der Waals surface area contributed by atoms with Gasteiger partial charge in [0.15, 0.2) is 0 Å². The number of amides is 2. The van der Waals surface area contributed by atoms with E-state index >= 15 is 0 Å². The van der Waals surface area contributed by atoms with Gasteiger partial charge in [0.25, 0.3) is 0 Å². The number of carbonyl (C=O) groups excluding carboxylic acids is 1. The van der Waals surface area contributed by atoms with Crippen LogP contribution in [0.5, 0.6) is 0 Å². The molecule has 2 amide bonds. The highest BCUT2D eigenvalue weighted by atomic mass is 16.2. The second-order valence-corrected chi connectivity index (χ2v) is 6.70. The molecule has 8 N–H and O–H groups in total. The maximum Gasteiger partial charge on any atom is 0.321 e. The van der Waals surface area contributed by atoms with Crippen LogP contribution in [0.25, 0.3) is 0 Å². The summed E-state index contributed by atoms with van der Waals surface area (Å²) >= 11 is 0. The first-order chi connectivity index (χ1) is 12.1. The van der Waals surface area contributed by atoms with Crippen molar-refractivity contribution in [2.75, 3.05) is 30.3 Å². The lowest BCUT2D eigenvalue weighted by Gasteiger charge is -2.36. The van der Waals surface area contributed by atoms with Crippen molar-refractivity contribution in [2.24, 2.45) is 5.73 Å². The lowest BCUT2D eigenvalue weighted by atomic mass is 10.0. The zero-order valence-electron chi connectivity index (χ0n) is 14.7. The number of hydrogen-bond acceptors (Lipinski definition) is 6. The summed E-state index contributed by atoms with van der Waals surface area (Å²) in [6.07, 6.45) is 2.92. The molecule has 1 fully saturated rings. The van der Waals surface area contributed by atoms with Gasteiger partial charge in [-0.3, -0.25) is 10.6 Å². The van der Waals surface area contributed by atoms with Gasteiger partial charge in [0.1, 0.15) is 6.29 Å². The van der Waals surface area contributed by atoms with Crippen LogP contribution in [0.2, 0.25) is 0 Å². The van der Waals surface area contributed by atoms with Gasteiger partial charge in [-0.25, -0.2) is 4.79 Å². The molecule has 0 spiro atoms. The van der Waals surface area contributed by atoms with Gasteiger partial charge in [0, 0.05) is 37.1 Å². The molecule has 0 radical (unpaired) electrons. The Balaban J connectivity index is 1.53. The van der Waals surface area contributed by atoms with Gasteiger partial charge in [-0.15, -0.1) is 0 Å². The second-order valence-electron chi connectivity index (χ2n) is 6.70. The first-order valence-corrected chi connectivity index (χ1v) is 9.04. The van der Waals surface area contributed by atoms with E-state index < -0.39 is 0 Å². The molecule has 0 aliphatic carbocycles. The largest absolute Gasteiger partial charge is 0.385 e. The minimum atomic E-state index is -0.293. The Morgan fingerprint density at radius 1 is 1.36 bits per heavy atom. The summed E-state index contributed by atoms with van der Waals surface area (Å²) < 4.78 is 0. The third-order valence-corrected chi connectivity index (χ3v) is 4.52. The minimum absolute atomic E-state index is 0.125. The summed E-state index contributed by atoms with van der Waals surface area (Å²) in [6, 6.07) is 6.04. The van der Waals surface area contributed by atoms with Gasteiger partial charge < -0.3 is 27.0 Å². The van der Waals surface area contributed by atoms with Crippen LogP contribution < -0.4 is 37.6 Å². The normalized spacial score (nSPS) is 25.6. The molecule has 2 heterocycles. The number of aryl methyl sites for hydroxylation is 1. The van der Waals surface area contributed by atoms with E-state index in [0.29, 0.717) is 6.54 Å². The molecular formula is C17H29N7O. The first kappa shape index (κ1) is 17.9. The maximum absolute atomic E-state index is 12.3. The zero-order chi connectivity index (χ0) is 17.6. The molecule has 8 heteroatoms. The van der Waals surface area contributed by atoms with Crippen molar-refractivity contribution in [1.82, 2.24) is 21.3 Å². The van der Waals surface area contributed by atoms with E-state index in [1.54, 1.807) is 0 Å². The number of fused-ring (bicyclic) bond motifs is 1. The summed E-state index contributed by atoms with van der Waals surface area (Å²) in [5.74, 6) is 0. The number of nitrogens with two attached hydrogens (primary N) is 1. The van der Waals surface area contributed by atoms with Crippen molar-refractivity contribution in [3.05, 3.63) is 23.8 Å². The SMILES string of the molecule is CC1CC(NCCN)NC(NC(=O)Nc2ccc3c(c2)CCCN3)N1. The van der Waals surface area contributed by atoms with Crippen molar-refractivity contribution in [3.8, 4) is 0 Å². The van der Waals surface area contributed by atoms with Gasteiger partial charge in [-0.1, -0.05) is 0 Å². The van der Waals surface area contributed by atoms with Crippen molar-refractivity contribution < 1.29 is 4.79 Å². The van der Waals surface area contributed by atoms with Crippen molar-refractivity contribution >= 4 is 17.4 Å². The van der Waals surface area contributed by atoms with E-state index in [-0.39, 0.29) is 24.5 Å². The lowest BCUT2D eigenvalue weighted by Crippen LogP contribution is -2.68. The molecule has 1 aromatic rings. The third-order valence-electron chi connectivity index (χ3n) is 4.52. The predicted octanol–water partition coefficient (Wildman–Crippen LogP) is 0.296. The molecule has 1 saturated heterocycles. The molecule has 0 saturated carbocycles. The van der Waals surface area contributed by atoms with Crippen molar-refractivity contribution in [3.63, 3.8) is 0 Å². The quantitative estimate of drug-likeness (QED) is 0.412. The number of benzene rings is 1. The Morgan fingerprint density at radius 3 is 3.08 bits per heavy atom. The van der Waals surface area contributed by atoms with E-state index in [2.05, 4.69) is 38.8 Å². The highest BCUT2D eigenvalue weighted by Crippen LogP contribution is 2.25. The fourth-order valence-electron chi connectivity index (χ4n) is 3.36. The molecule has 138 valence electrons. The number of nitrogens with one attached hydrogen (secondary N) is 6. The molecule has 2 aliphatic rings. The monoisotopic (exact) mass is 347 g/mol. The molecule has 0 aromatic heterocycles. The van der Waals surface area contributed by atoms with Crippen LogP contribution in [0.1, 0.15) is 25.3 Å². The zero-order valence-corrected chi connectivity index (χ0v) is 14.7. The van der Waals surface area contributed by atoms with E-state index in [4.69, 9.17) is 5.73 Å². The highest BCUT2D eigenvalue weighted by molar-refractivity contribution is 5.89. The van der Waals surface area contributed by atoms with Crippen LogP contribution in [0, 0.1) is 0 Å². The first-order valence-electron chi connectivity index (χ1n) is 9.04. The molecule has 3 unspecified atom stereocenters. The molecule has 8 nitrogen and oxygen atoms in total. The Kier molecular flexibility index (Phi) is 6.09. The Morgan fingerprint density at radius 2 is 2.24 bits per heavy atom. The van der Waals surface area contributed by atoms with E-state index in [1.807, 2.05) is 18.2 Å². The number of rotatable bonds is 5. The number of anilines is 2. The van der Waals surface area contributed by atoms with Crippen LogP contribution >= 0.6 is 0 Å². The molecule has 3 rings (SSSR count). The molecule has 3 atom stereocenters. The average molecular weight is 347 g/mol. The minimum Gasteiger partial charge on any atom is -0.385 e. The van der Waals surface area contributed by atoms with Gasteiger partial charge in [-0.05, 0) is 49.9 Å². The number of hydrogen-bond donors (Lipinski definition) is 7. The van der Waals surface area contributed by atoms with Crippen LogP contribution in [-0.4, -0.2) is 44.2 Å². The fourth-order valence-corrected chi connectivity index (χ4v) is 3.36. The summed E-state index contributed by atoms with van der Waals surface area (Å²) in [5, 5.41) is 19.2. The molecular weight excluding hydrogens is 318 g/mol. The van der Waals surface area contributed by atoms with Crippen LogP contribution in [0.4, 0.5) is 16.2 Å². The van der Waals surface area contributed by atoms with Crippen molar-refractivity contribution in [1.29, 1.82) is 0 Å². The Bertz CT molecular complexity index is 594. The average Bonchev–Trinajstić information content (AvgIpc) is 2.59. The number of urea groups is 1. The highest BCUT2D eigenvalue weighted by Gasteiger charge is 2.25. The maximum atomic E-state index is 12.3. The Hall–Kier alpha value is -1.87. The molecule has 0 bridgehead atoms. The van der Waals surface area contributed by atoms with Gasteiger partial charge >= 0.3 is 6.03 Å². The summed E-state index contributed by atoms with van der Waals surface area (Å²) in [4.78, 5) is 12.3. The van der Waals surface area contributed by atoms with E-state index in [0.717, 1.165) is 43.7 Å². The summed E-state index contributed by atoms with van der Waals surface area (Å²) in [7, 11) is 0. The third kappa shape index (κ3) is 5.05. The summed E-state index contributed by atoms with van der Waals surface area (Å²) in [5.41, 5.74) is 8.76. The van der Waals surface area contributed by atoms with Gasteiger partial charge in [0.2, 0.25) is 0 Å². The Labute approximate surface area is 148 Å². The molecule has 25 heavy (non-hydrogen) atoms. The van der Waals surface area contributed by atoms with Crippen molar-refractivity contribution in [2.45, 2.75) is 44.7 Å². The standard InChI is InChI=1S/C17H29N7O/c1-11-9-15(20-8-6-18)23-16(21-11)24-17(25)22-13-4-5-14-12(10-13)3-2-7-19-14/h4-5,10-11,15-16,19-21,23H,2-3,6-9,18H2,1H3,(H2,22,24,25). The van der Waals surface area contributed by atoms with E-state index in [9.17, 15) is 4.79 Å². The number of carbonyl (C=O) groups is 1. The second kappa shape index (κ2) is 8.48. The fraction of sp³-hybridized carbons (Fsp3) is 0.588.